The summed E-state index contributed by atoms with van der Waals surface area (Å²) in [7, 11) is 0. The van der Waals surface area contributed by atoms with Crippen LogP contribution in [0.4, 0.5) is 0 Å². The molecule has 0 aromatic carbocycles. The van der Waals surface area contributed by atoms with Crippen molar-refractivity contribution in [3.63, 3.8) is 0 Å². The van der Waals surface area contributed by atoms with Gasteiger partial charge in [0.15, 0.2) is 0 Å². The summed E-state index contributed by atoms with van der Waals surface area (Å²) in [5, 5.41) is 1.25. The zero-order chi connectivity index (χ0) is 7.52. The van der Waals surface area contributed by atoms with Crippen LogP contribution in [0.3, 0.4) is 0 Å². The van der Waals surface area contributed by atoms with Crippen LogP contribution in [0.5, 0.6) is 0 Å². The predicted molar refractivity (Wildman–Crippen MR) is 45.7 cm³/mol. The van der Waals surface area contributed by atoms with E-state index in [9.17, 15) is 0 Å². The molecule has 1 aromatic rings. The van der Waals surface area contributed by atoms with Crippen LogP contribution in [0.15, 0.2) is 6.33 Å². The van der Waals surface area contributed by atoms with Gasteiger partial charge >= 0.3 is 0 Å². The number of nitrogens with zero attached hydrogens (tertiary/aromatic N) is 2. The van der Waals surface area contributed by atoms with E-state index in [1.807, 2.05) is 0 Å². The van der Waals surface area contributed by atoms with Crippen LogP contribution < -0.4 is 0 Å². The molecule has 0 radical (unpaired) electrons. The van der Waals surface area contributed by atoms with E-state index in [0.717, 1.165) is 5.92 Å². The lowest BCUT2D eigenvalue weighted by Crippen LogP contribution is -2.03. The lowest BCUT2D eigenvalue weighted by molar-refractivity contribution is 0.442. The Hall–Kier alpha value is -0.440. The van der Waals surface area contributed by atoms with Gasteiger partial charge < -0.3 is 0 Å². The molecule has 0 atom stereocenters. The zero-order valence-corrected chi connectivity index (χ0v) is 7.31. The Bertz CT molecular complexity index is 202. The van der Waals surface area contributed by atoms with E-state index in [2.05, 4.69) is 9.36 Å². The Balaban J connectivity index is 2.04. The summed E-state index contributed by atoms with van der Waals surface area (Å²) in [5.41, 5.74) is 0. The summed E-state index contributed by atoms with van der Waals surface area (Å²) in [4.78, 5) is 4.25. The van der Waals surface area contributed by atoms with E-state index in [-0.39, 0.29) is 0 Å². The van der Waals surface area contributed by atoms with E-state index in [1.54, 1.807) is 17.9 Å². The van der Waals surface area contributed by atoms with E-state index >= 15 is 0 Å². The molecular formula is C8H12N2S. The van der Waals surface area contributed by atoms with Crippen LogP contribution in [-0.2, 0) is 0 Å². The topological polar surface area (TPSA) is 25.8 Å². The molecule has 0 N–H and O–H groups in total. The molecule has 3 heteroatoms. The van der Waals surface area contributed by atoms with E-state index in [0.29, 0.717) is 0 Å². The molecule has 0 aliphatic heterocycles. The smallest absolute Gasteiger partial charge is 0.129 e. The maximum atomic E-state index is 4.25. The molecule has 0 unspecified atom stereocenters. The minimum atomic E-state index is 0.733. The van der Waals surface area contributed by atoms with E-state index in [4.69, 9.17) is 0 Å². The van der Waals surface area contributed by atoms with Gasteiger partial charge in [0.2, 0.25) is 0 Å². The molecule has 0 saturated heterocycles. The first-order valence-corrected chi connectivity index (χ1v) is 5.01. The van der Waals surface area contributed by atoms with Crippen LogP contribution in [-0.4, -0.2) is 9.36 Å². The lowest BCUT2D eigenvalue weighted by Gasteiger charge is -2.18. The van der Waals surface area contributed by atoms with Crippen molar-refractivity contribution in [2.45, 2.75) is 38.0 Å². The molecule has 0 amide bonds. The van der Waals surface area contributed by atoms with Crippen LogP contribution in [0.25, 0.3) is 0 Å². The van der Waals surface area contributed by atoms with Gasteiger partial charge in [-0.25, -0.2) is 4.98 Å². The Labute approximate surface area is 70.8 Å². The Morgan fingerprint density at radius 2 is 2.09 bits per heavy atom. The third kappa shape index (κ3) is 1.59. The summed E-state index contributed by atoms with van der Waals surface area (Å²) in [6.45, 7) is 0. The van der Waals surface area contributed by atoms with Crippen molar-refractivity contribution in [2.75, 3.05) is 0 Å². The normalized spacial score (nSPS) is 20.4. The number of rotatable bonds is 1. The molecule has 1 saturated carbocycles. The number of aromatic nitrogens is 2. The average Bonchev–Trinajstić information content (AvgIpc) is 2.58. The highest BCUT2D eigenvalue weighted by atomic mass is 32.1. The van der Waals surface area contributed by atoms with Crippen molar-refractivity contribution in [1.29, 1.82) is 0 Å². The highest BCUT2D eigenvalue weighted by molar-refractivity contribution is 7.05. The van der Waals surface area contributed by atoms with Gasteiger partial charge in [0, 0.05) is 5.92 Å². The molecule has 1 heterocycles. The molecule has 11 heavy (non-hydrogen) atoms. The van der Waals surface area contributed by atoms with Crippen LogP contribution in [0.1, 0.15) is 43.0 Å². The first-order valence-electron chi connectivity index (χ1n) is 4.23. The Morgan fingerprint density at radius 1 is 1.27 bits per heavy atom. The van der Waals surface area contributed by atoms with Crippen molar-refractivity contribution in [3.05, 3.63) is 11.3 Å². The average molecular weight is 168 g/mol. The molecule has 2 nitrogen and oxygen atoms in total. The highest BCUT2D eigenvalue weighted by Gasteiger charge is 2.17. The van der Waals surface area contributed by atoms with Crippen molar-refractivity contribution in [1.82, 2.24) is 9.36 Å². The summed E-state index contributed by atoms with van der Waals surface area (Å²) >= 11 is 1.57. The monoisotopic (exact) mass is 168 g/mol. The van der Waals surface area contributed by atoms with Gasteiger partial charge in [-0.2, -0.15) is 4.37 Å². The SMILES string of the molecule is c1nsc(C2CCCCC2)n1. The van der Waals surface area contributed by atoms with Gasteiger partial charge in [0.05, 0.1) is 0 Å². The molecule has 0 bridgehead atoms. The second-order valence-electron chi connectivity index (χ2n) is 3.11. The molecule has 2 rings (SSSR count). The van der Waals surface area contributed by atoms with E-state index in [1.165, 1.54) is 37.1 Å². The quantitative estimate of drug-likeness (QED) is 0.644. The van der Waals surface area contributed by atoms with Gasteiger partial charge in [-0.3, -0.25) is 0 Å². The third-order valence-electron chi connectivity index (χ3n) is 2.33. The fourth-order valence-corrected chi connectivity index (χ4v) is 2.39. The Morgan fingerprint density at radius 3 is 2.73 bits per heavy atom. The molecular weight excluding hydrogens is 156 g/mol. The van der Waals surface area contributed by atoms with Gasteiger partial charge in [0.25, 0.3) is 0 Å². The maximum Gasteiger partial charge on any atom is 0.129 e. The second kappa shape index (κ2) is 3.30. The molecule has 1 aliphatic carbocycles. The van der Waals surface area contributed by atoms with Gasteiger partial charge in [-0.05, 0) is 24.4 Å². The minimum absolute atomic E-state index is 0.733. The van der Waals surface area contributed by atoms with Gasteiger partial charge in [0.1, 0.15) is 11.3 Å². The van der Waals surface area contributed by atoms with E-state index < -0.39 is 0 Å². The summed E-state index contributed by atoms with van der Waals surface area (Å²) in [5.74, 6) is 0.733. The minimum Gasteiger partial charge on any atom is -0.228 e. The summed E-state index contributed by atoms with van der Waals surface area (Å²) in [6.07, 6.45) is 8.50. The van der Waals surface area contributed by atoms with Crippen molar-refractivity contribution >= 4 is 11.5 Å². The maximum absolute atomic E-state index is 4.25. The standard InChI is InChI=1S/C8H12N2S/c1-2-4-7(5-3-1)8-9-6-10-11-8/h6-7H,1-5H2. The lowest BCUT2D eigenvalue weighted by atomic mass is 9.90. The molecule has 1 aliphatic rings. The number of hydrogen-bond donors (Lipinski definition) is 0. The predicted octanol–water partition coefficient (Wildman–Crippen LogP) is 2.59. The van der Waals surface area contributed by atoms with Crippen LogP contribution in [0, 0.1) is 0 Å². The first-order chi connectivity index (χ1) is 5.47. The first kappa shape index (κ1) is 7.22. The summed E-state index contributed by atoms with van der Waals surface area (Å²) in [6, 6.07) is 0. The largest absolute Gasteiger partial charge is 0.228 e. The number of hydrogen-bond acceptors (Lipinski definition) is 3. The fraction of sp³-hybridized carbons (Fsp3) is 0.750. The molecule has 1 aromatic heterocycles. The fourth-order valence-electron chi connectivity index (χ4n) is 1.71. The van der Waals surface area contributed by atoms with Crippen molar-refractivity contribution in [2.24, 2.45) is 0 Å². The molecule has 60 valence electrons. The van der Waals surface area contributed by atoms with Crippen LogP contribution >= 0.6 is 11.5 Å². The van der Waals surface area contributed by atoms with Crippen molar-refractivity contribution in [3.8, 4) is 0 Å². The van der Waals surface area contributed by atoms with Gasteiger partial charge in [-0.1, -0.05) is 19.3 Å². The Kier molecular flexibility index (Phi) is 2.17. The van der Waals surface area contributed by atoms with Crippen molar-refractivity contribution < 1.29 is 0 Å². The molecule has 0 spiro atoms. The van der Waals surface area contributed by atoms with Gasteiger partial charge in [-0.15, -0.1) is 0 Å². The third-order valence-corrected chi connectivity index (χ3v) is 3.16. The second-order valence-corrected chi connectivity index (χ2v) is 3.93. The zero-order valence-electron chi connectivity index (χ0n) is 6.49. The summed E-state index contributed by atoms with van der Waals surface area (Å²) < 4.78 is 4.03. The highest BCUT2D eigenvalue weighted by Crippen LogP contribution is 2.32. The van der Waals surface area contributed by atoms with Crippen LogP contribution in [0.2, 0.25) is 0 Å². The molecule has 1 fully saturated rings.